The van der Waals surface area contributed by atoms with Gasteiger partial charge in [0.25, 0.3) is 0 Å². The van der Waals surface area contributed by atoms with Crippen LogP contribution >= 0.6 is 0 Å². The van der Waals surface area contributed by atoms with E-state index in [2.05, 4.69) is 0 Å². The number of halogens is 3. The van der Waals surface area contributed by atoms with Gasteiger partial charge >= 0.3 is 0 Å². The molecule has 0 unspecified atom stereocenters. The molecule has 5 nitrogen and oxygen atoms in total. The van der Waals surface area contributed by atoms with Crippen molar-refractivity contribution in [3.05, 3.63) is 59.9 Å². The second-order valence-electron chi connectivity index (χ2n) is 5.83. The summed E-state index contributed by atoms with van der Waals surface area (Å²) in [5, 5.41) is 0. The van der Waals surface area contributed by atoms with Crippen LogP contribution in [0.25, 0.3) is 0 Å². The summed E-state index contributed by atoms with van der Waals surface area (Å²) in [5.41, 5.74) is -0.109. The molecule has 0 bridgehead atoms. The van der Waals surface area contributed by atoms with Crippen LogP contribution in [0.5, 0.6) is 0 Å². The quantitative estimate of drug-likeness (QED) is 0.817. The van der Waals surface area contributed by atoms with Crippen molar-refractivity contribution in [1.82, 2.24) is 4.31 Å². The van der Waals surface area contributed by atoms with Gasteiger partial charge in [-0.15, -0.1) is 0 Å². The van der Waals surface area contributed by atoms with E-state index in [1.807, 2.05) is 0 Å². The van der Waals surface area contributed by atoms with Gasteiger partial charge in [-0.25, -0.2) is 21.6 Å². The highest BCUT2D eigenvalue weighted by molar-refractivity contribution is 7.89. The van der Waals surface area contributed by atoms with Gasteiger partial charge < -0.3 is 4.90 Å². The number of carbonyl (C=O) groups is 1. The summed E-state index contributed by atoms with van der Waals surface area (Å²) in [6.45, 7) is 1.21. The lowest BCUT2D eigenvalue weighted by Crippen LogP contribution is -2.57. The SMILES string of the molecule is C[C@@H]1C(=O)N(c2ccc(F)cc2F)CCN1S(=O)(=O)c1ccc(F)cc1. The lowest BCUT2D eigenvalue weighted by Gasteiger charge is -2.38. The van der Waals surface area contributed by atoms with Crippen LogP contribution in [0, 0.1) is 17.5 Å². The molecule has 1 atom stereocenters. The van der Waals surface area contributed by atoms with Crippen molar-refractivity contribution in [1.29, 1.82) is 0 Å². The molecule has 2 aromatic rings. The molecule has 0 radical (unpaired) electrons. The first-order valence-corrected chi connectivity index (χ1v) is 9.19. The fourth-order valence-corrected chi connectivity index (χ4v) is 4.44. The van der Waals surface area contributed by atoms with E-state index in [1.165, 1.54) is 6.92 Å². The first-order valence-electron chi connectivity index (χ1n) is 7.75. The molecule has 138 valence electrons. The highest BCUT2D eigenvalue weighted by Crippen LogP contribution is 2.27. The fraction of sp³-hybridized carbons (Fsp3) is 0.235. The number of rotatable bonds is 3. The standard InChI is InChI=1S/C17H15F3N2O3S/c1-11-17(23)21(16-7-4-13(19)10-15(16)20)8-9-22(11)26(24,25)14-5-2-12(18)3-6-14/h2-7,10-11H,8-9H2,1H3/t11-/m1/s1. The summed E-state index contributed by atoms with van der Waals surface area (Å²) in [7, 11) is -4.02. The van der Waals surface area contributed by atoms with E-state index in [0.717, 1.165) is 45.6 Å². The molecule has 0 aromatic heterocycles. The molecule has 2 aromatic carbocycles. The predicted molar refractivity (Wildman–Crippen MR) is 88.5 cm³/mol. The Morgan fingerprint density at radius 3 is 2.19 bits per heavy atom. The number of nitrogens with zero attached hydrogens (tertiary/aromatic N) is 2. The smallest absolute Gasteiger partial charge is 0.245 e. The van der Waals surface area contributed by atoms with E-state index in [1.54, 1.807) is 0 Å². The molecule has 1 aliphatic heterocycles. The summed E-state index contributed by atoms with van der Waals surface area (Å²) in [6.07, 6.45) is 0. The van der Waals surface area contributed by atoms with Crippen LogP contribution < -0.4 is 4.90 Å². The minimum Gasteiger partial charge on any atom is -0.307 e. The molecule has 1 heterocycles. The molecule has 0 N–H and O–H groups in total. The molecule has 3 rings (SSSR count). The lowest BCUT2D eigenvalue weighted by molar-refractivity contribution is -0.123. The Labute approximate surface area is 148 Å². The summed E-state index contributed by atoms with van der Waals surface area (Å²) >= 11 is 0. The summed E-state index contributed by atoms with van der Waals surface area (Å²) in [4.78, 5) is 13.6. The van der Waals surface area contributed by atoms with Crippen LogP contribution in [0.3, 0.4) is 0 Å². The third-order valence-electron chi connectivity index (χ3n) is 4.22. The number of sulfonamides is 1. The number of benzene rings is 2. The first-order chi connectivity index (χ1) is 12.2. The van der Waals surface area contributed by atoms with Crippen LogP contribution in [-0.2, 0) is 14.8 Å². The summed E-state index contributed by atoms with van der Waals surface area (Å²) < 4.78 is 66.5. The van der Waals surface area contributed by atoms with Crippen molar-refractivity contribution >= 4 is 21.6 Å². The van der Waals surface area contributed by atoms with E-state index >= 15 is 0 Å². The Morgan fingerprint density at radius 2 is 1.58 bits per heavy atom. The van der Waals surface area contributed by atoms with E-state index in [-0.39, 0.29) is 23.7 Å². The number of piperazine rings is 1. The lowest BCUT2D eigenvalue weighted by atomic mass is 10.2. The van der Waals surface area contributed by atoms with Crippen molar-refractivity contribution < 1.29 is 26.4 Å². The van der Waals surface area contributed by atoms with Crippen molar-refractivity contribution in [3.8, 4) is 0 Å². The van der Waals surface area contributed by atoms with Gasteiger partial charge in [0.15, 0.2) is 0 Å². The number of carbonyl (C=O) groups excluding carboxylic acids is 1. The van der Waals surface area contributed by atoms with E-state index in [9.17, 15) is 26.4 Å². The number of hydrogen-bond donors (Lipinski definition) is 0. The molecule has 0 aliphatic carbocycles. The highest BCUT2D eigenvalue weighted by atomic mass is 32.2. The Morgan fingerprint density at radius 1 is 0.962 bits per heavy atom. The van der Waals surface area contributed by atoms with Gasteiger partial charge in [-0.2, -0.15) is 4.31 Å². The van der Waals surface area contributed by atoms with Crippen LogP contribution in [0.1, 0.15) is 6.92 Å². The Hall–Kier alpha value is -2.39. The fourth-order valence-electron chi connectivity index (χ4n) is 2.86. The molecular formula is C17H15F3N2O3S. The van der Waals surface area contributed by atoms with Crippen molar-refractivity contribution in [3.63, 3.8) is 0 Å². The topological polar surface area (TPSA) is 57.7 Å². The maximum Gasteiger partial charge on any atom is 0.245 e. The molecule has 26 heavy (non-hydrogen) atoms. The van der Waals surface area contributed by atoms with Crippen molar-refractivity contribution in [2.75, 3.05) is 18.0 Å². The zero-order valence-corrected chi connectivity index (χ0v) is 14.5. The monoisotopic (exact) mass is 384 g/mol. The van der Waals surface area contributed by atoms with Gasteiger partial charge in [0.05, 0.1) is 10.6 Å². The molecule has 1 amide bonds. The molecule has 1 saturated heterocycles. The molecule has 9 heteroatoms. The Balaban J connectivity index is 1.89. The number of anilines is 1. The Bertz CT molecular complexity index is 948. The molecule has 1 aliphatic rings. The third kappa shape index (κ3) is 3.19. The van der Waals surface area contributed by atoms with Gasteiger partial charge in [0, 0.05) is 19.2 Å². The molecule has 0 spiro atoms. The normalized spacial score (nSPS) is 19.0. The second-order valence-corrected chi connectivity index (χ2v) is 7.72. The minimum atomic E-state index is -4.02. The average molecular weight is 384 g/mol. The van der Waals surface area contributed by atoms with Gasteiger partial charge in [0.2, 0.25) is 15.9 Å². The zero-order valence-electron chi connectivity index (χ0n) is 13.7. The van der Waals surface area contributed by atoms with Crippen LogP contribution in [0.4, 0.5) is 18.9 Å². The maximum absolute atomic E-state index is 14.0. The van der Waals surface area contributed by atoms with Crippen LogP contribution in [0.2, 0.25) is 0 Å². The minimum absolute atomic E-state index is 0.0799. The average Bonchev–Trinajstić information content (AvgIpc) is 2.58. The molecule has 1 fully saturated rings. The van der Waals surface area contributed by atoms with E-state index < -0.39 is 39.4 Å². The van der Waals surface area contributed by atoms with Crippen LogP contribution in [-0.4, -0.2) is 37.8 Å². The highest BCUT2D eigenvalue weighted by Gasteiger charge is 2.40. The molecule has 0 saturated carbocycles. The van der Waals surface area contributed by atoms with Crippen molar-refractivity contribution in [2.45, 2.75) is 17.9 Å². The van der Waals surface area contributed by atoms with Gasteiger partial charge in [-0.3, -0.25) is 4.79 Å². The zero-order chi connectivity index (χ0) is 19.1. The van der Waals surface area contributed by atoms with Gasteiger partial charge in [-0.05, 0) is 43.3 Å². The van der Waals surface area contributed by atoms with Crippen LogP contribution in [0.15, 0.2) is 47.4 Å². The number of amides is 1. The number of hydrogen-bond acceptors (Lipinski definition) is 3. The largest absolute Gasteiger partial charge is 0.307 e. The third-order valence-corrected chi connectivity index (χ3v) is 6.20. The second kappa shape index (κ2) is 6.73. The van der Waals surface area contributed by atoms with E-state index in [4.69, 9.17) is 0 Å². The maximum atomic E-state index is 14.0. The van der Waals surface area contributed by atoms with Gasteiger partial charge in [-0.1, -0.05) is 0 Å². The van der Waals surface area contributed by atoms with Gasteiger partial charge in [0.1, 0.15) is 23.5 Å². The summed E-state index contributed by atoms with van der Waals surface area (Å²) in [5.74, 6) is -2.89. The first kappa shape index (κ1) is 18.4. The molecular weight excluding hydrogens is 369 g/mol. The predicted octanol–water partition coefficient (Wildman–Crippen LogP) is 2.53. The van der Waals surface area contributed by atoms with Crippen molar-refractivity contribution in [2.24, 2.45) is 0 Å². The summed E-state index contributed by atoms with van der Waals surface area (Å²) in [6, 6.07) is 6.00. The van der Waals surface area contributed by atoms with E-state index in [0.29, 0.717) is 6.07 Å². The Kier molecular flexibility index (Phi) is 4.76.